The first-order chi connectivity index (χ1) is 6.20. The van der Waals surface area contributed by atoms with Crippen LogP contribution in [0.2, 0.25) is 0 Å². The number of carbonyl (C=O) groups is 1. The number of aldehydes is 1. The Labute approximate surface area is 82.2 Å². The van der Waals surface area contributed by atoms with Crippen molar-refractivity contribution in [1.82, 2.24) is 0 Å². The summed E-state index contributed by atoms with van der Waals surface area (Å²) >= 11 is 0. The van der Waals surface area contributed by atoms with Gasteiger partial charge in [-0.25, -0.2) is 0 Å². The van der Waals surface area contributed by atoms with Gasteiger partial charge in [0.1, 0.15) is 6.29 Å². The maximum atomic E-state index is 10.6. The van der Waals surface area contributed by atoms with E-state index in [2.05, 4.69) is 26.8 Å². The monoisotopic (exact) mass is 182 g/mol. The van der Waals surface area contributed by atoms with Crippen LogP contribution in [0.3, 0.4) is 0 Å². The lowest BCUT2D eigenvalue weighted by atomic mass is 10.0. The topological polar surface area (TPSA) is 17.1 Å². The van der Waals surface area contributed by atoms with E-state index in [0.717, 1.165) is 24.7 Å². The van der Waals surface area contributed by atoms with Gasteiger partial charge in [-0.05, 0) is 30.8 Å². The molecule has 0 aromatic carbocycles. The molecule has 0 aliphatic heterocycles. The van der Waals surface area contributed by atoms with Crippen molar-refractivity contribution in [3.05, 3.63) is 11.6 Å². The molecule has 0 aromatic rings. The first-order valence-electron chi connectivity index (χ1n) is 5.34. The zero-order valence-electron chi connectivity index (χ0n) is 9.18. The summed E-state index contributed by atoms with van der Waals surface area (Å²) in [6.07, 6.45) is 8.82. The predicted molar refractivity (Wildman–Crippen MR) is 57.7 cm³/mol. The van der Waals surface area contributed by atoms with Crippen molar-refractivity contribution in [1.29, 1.82) is 0 Å². The molecule has 0 atom stereocenters. The first kappa shape index (κ1) is 12.4. The predicted octanol–water partition coefficient (Wildman–Crippen LogP) is 3.74. The molecule has 0 saturated carbocycles. The van der Waals surface area contributed by atoms with E-state index >= 15 is 0 Å². The molecular formula is C12H22O. The molecule has 0 aliphatic carbocycles. The molecule has 0 amide bonds. The molecule has 76 valence electrons. The van der Waals surface area contributed by atoms with E-state index in [1.54, 1.807) is 0 Å². The SMILES string of the molecule is CCCCC/C=C(\C=O)CC(C)C. The number of hydrogen-bond acceptors (Lipinski definition) is 1. The second-order valence-corrected chi connectivity index (χ2v) is 3.99. The fourth-order valence-corrected chi connectivity index (χ4v) is 1.33. The van der Waals surface area contributed by atoms with Crippen molar-refractivity contribution in [3.63, 3.8) is 0 Å². The average Bonchev–Trinajstić information content (AvgIpc) is 2.09. The zero-order valence-corrected chi connectivity index (χ0v) is 9.18. The molecule has 0 fully saturated rings. The number of allylic oxidation sites excluding steroid dienone is 2. The minimum Gasteiger partial charge on any atom is -0.298 e. The minimum absolute atomic E-state index is 0.586. The van der Waals surface area contributed by atoms with E-state index in [1.807, 2.05) is 0 Å². The highest BCUT2D eigenvalue weighted by atomic mass is 16.1. The van der Waals surface area contributed by atoms with Crippen LogP contribution in [0.15, 0.2) is 11.6 Å². The van der Waals surface area contributed by atoms with E-state index in [4.69, 9.17) is 0 Å². The van der Waals surface area contributed by atoms with Crippen LogP contribution in [-0.4, -0.2) is 6.29 Å². The summed E-state index contributed by atoms with van der Waals surface area (Å²) in [6.45, 7) is 6.48. The van der Waals surface area contributed by atoms with Gasteiger partial charge in [0, 0.05) is 0 Å². The van der Waals surface area contributed by atoms with Crippen LogP contribution in [0.5, 0.6) is 0 Å². The van der Waals surface area contributed by atoms with Crippen LogP contribution in [0, 0.1) is 5.92 Å². The van der Waals surface area contributed by atoms with Gasteiger partial charge in [0.2, 0.25) is 0 Å². The summed E-state index contributed by atoms with van der Waals surface area (Å²) in [5.74, 6) is 0.586. The lowest BCUT2D eigenvalue weighted by Crippen LogP contribution is -1.92. The van der Waals surface area contributed by atoms with Crippen molar-refractivity contribution < 1.29 is 4.79 Å². The third-order valence-corrected chi connectivity index (χ3v) is 2.01. The van der Waals surface area contributed by atoms with Crippen LogP contribution in [0.1, 0.15) is 52.9 Å². The van der Waals surface area contributed by atoms with Crippen molar-refractivity contribution in [3.8, 4) is 0 Å². The Morgan fingerprint density at radius 3 is 2.46 bits per heavy atom. The maximum Gasteiger partial charge on any atom is 0.145 e. The summed E-state index contributed by atoms with van der Waals surface area (Å²) in [5, 5.41) is 0. The van der Waals surface area contributed by atoms with Crippen LogP contribution >= 0.6 is 0 Å². The van der Waals surface area contributed by atoms with Gasteiger partial charge < -0.3 is 0 Å². The highest BCUT2D eigenvalue weighted by Gasteiger charge is 1.98. The Kier molecular flexibility index (Phi) is 7.66. The summed E-state index contributed by atoms with van der Waals surface area (Å²) < 4.78 is 0. The van der Waals surface area contributed by atoms with Gasteiger partial charge in [-0.1, -0.05) is 39.7 Å². The van der Waals surface area contributed by atoms with Crippen LogP contribution in [0.4, 0.5) is 0 Å². The molecule has 0 bridgehead atoms. The van der Waals surface area contributed by atoms with Gasteiger partial charge in [-0.3, -0.25) is 4.79 Å². The second-order valence-electron chi connectivity index (χ2n) is 3.99. The third kappa shape index (κ3) is 7.76. The quantitative estimate of drug-likeness (QED) is 0.333. The van der Waals surface area contributed by atoms with Gasteiger partial charge in [0.25, 0.3) is 0 Å². The molecule has 0 rings (SSSR count). The molecule has 1 nitrogen and oxygen atoms in total. The standard InChI is InChI=1S/C12H22O/c1-4-5-6-7-8-12(10-13)9-11(2)3/h8,10-11H,4-7,9H2,1-3H3/b12-8-. The number of hydrogen-bond donors (Lipinski definition) is 0. The van der Waals surface area contributed by atoms with E-state index in [0.29, 0.717) is 5.92 Å². The van der Waals surface area contributed by atoms with E-state index in [1.165, 1.54) is 19.3 Å². The smallest absolute Gasteiger partial charge is 0.145 e. The normalized spacial score (nSPS) is 12.2. The molecule has 0 heterocycles. The van der Waals surface area contributed by atoms with E-state index in [-0.39, 0.29) is 0 Å². The lowest BCUT2D eigenvalue weighted by molar-refractivity contribution is -0.105. The average molecular weight is 182 g/mol. The fraction of sp³-hybridized carbons (Fsp3) is 0.750. The Morgan fingerprint density at radius 2 is 2.00 bits per heavy atom. The van der Waals surface area contributed by atoms with Crippen LogP contribution in [-0.2, 0) is 4.79 Å². The Bertz CT molecular complexity index is 157. The summed E-state index contributed by atoms with van der Waals surface area (Å²) in [6, 6.07) is 0. The first-order valence-corrected chi connectivity index (χ1v) is 5.34. The molecule has 1 heteroatoms. The van der Waals surface area contributed by atoms with Crippen molar-refractivity contribution in [2.75, 3.05) is 0 Å². The number of carbonyl (C=O) groups excluding carboxylic acids is 1. The maximum absolute atomic E-state index is 10.6. The van der Waals surface area contributed by atoms with Crippen molar-refractivity contribution >= 4 is 6.29 Å². The highest BCUT2D eigenvalue weighted by Crippen LogP contribution is 2.10. The van der Waals surface area contributed by atoms with Gasteiger partial charge in [0.15, 0.2) is 0 Å². The molecule has 0 aromatic heterocycles. The number of rotatable bonds is 7. The van der Waals surface area contributed by atoms with Crippen LogP contribution in [0.25, 0.3) is 0 Å². The molecular weight excluding hydrogens is 160 g/mol. The Balaban J connectivity index is 3.71. The summed E-state index contributed by atoms with van der Waals surface area (Å²) in [4.78, 5) is 10.6. The lowest BCUT2D eigenvalue weighted by Gasteiger charge is -2.03. The molecule has 13 heavy (non-hydrogen) atoms. The molecule has 0 aliphatic rings. The largest absolute Gasteiger partial charge is 0.298 e. The third-order valence-electron chi connectivity index (χ3n) is 2.01. The minimum atomic E-state index is 0.586. The molecule has 0 unspecified atom stereocenters. The van der Waals surface area contributed by atoms with Crippen LogP contribution < -0.4 is 0 Å². The number of unbranched alkanes of at least 4 members (excludes halogenated alkanes) is 3. The summed E-state index contributed by atoms with van der Waals surface area (Å²) in [7, 11) is 0. The Hall–Kier alpha value is -0.590. The summed E-state index contributed by atoms with van der Waals surface area (Å²) in [5.41, 5.74) is 0.978. The van der Waals surface area contributed by atoms with Crippen molar-refractivity contribution in [2.24, 2.45) is 5.92 Å². The fourth-order valence-electron chi connectivity index (χ4n) is 1.33. The molecule has 0 N–H and O–H groups in total. The van der Waals surface area contributed by atoms with Gasteiger partial charge >= 0.3 is 0 Å². The van der Waals surface area contributed by atoms with Gasteiger partial charge in [-0.2, -0.15) is 0 Å². The second kappa shape index (κ2) is 8.03. The van der Waals surface area contributed by atoms with Crippen molar-refractivity contribution in [2.45, 2.75) is 52.9 Å². The molecule has 0 spiro atoms. The Morgan fingerprint density at radius 1 is 1.31 bits per heavy atom. The van der Waals surface area contributed by atoms with E-state index in [9.17, 15) is 4.79 Å². The molecule has 0 radical (unpaired) electrons. The van der Waals surface area contributed by atoms with Gasteiger partial charge in [0.05, 0.1) is 0 Å². The highest BCUT2D eigenvalue weighted by molar-refractivity contribution is 5.72. The molecule has 0 saturated heterocycles. The van der Waals surface area contributed by atoms with Gasteiger partial charge in [-0.15, -0.1) is 0 Å². The zero-order chi connectivity index (χ0) is 10.1. The van der Waals surface area contributed by atoms with E-state index < -0.39 is 0 Å².